The normalized spacial score (nSPS) is 17.4. The highest BCUT2D eigenvalue weighted by Crippen LogP contribution is 2.31. The highest BCUT2D eigenvalue weighted by molar-refractivity contribution is 7.91. The molecule has 1 aromatic heterocycles. The van der Waals surface area contributed by atoms with E-state index in [1.165, 1.54) is 25.5 Å². The summed E-state index contributed by atoms with van der Waals surface area (Å²) >= 11 is 0. The summed E-state index contributed by atoms with van der Waals surface area (Å²) in [5.74, 6) is 0.438. The fourth-order valence-corrected chi connectivity index (χ4v) is 2.08. The van der Waals surface area contributed by atoms with E-state index in [-0.39, 0.29) is 0 Å². The van der Waals surface area contributed by atoms with Crippen molar-refractivity contribution in [3.8, 4) is 0 Å². The summed E-state index contributed by atoms with van der Waals surface area (Å²) < 4.78 is 27.7. The SMILES string of the molecule is CC(C)(c1ocnc1CNC1CC1)S(C)(=O)=O. The molecule has 2 rings (SSSR count). The first kappa shape index (κ1) is 12.6. The largest absolute Gasteiger partial charge is 0.446 e. The monoisotopic (exact) mass is 258 g/mol. The van der Waals surface area contributed by atoms with Gasteiger partial charge in [-0.1, -0.05) is 0 Å². The van der Waals surface area contributed by atoms with Crippen LogP contribution in [0, 0.1) is 0 Å². The lowest BCUT2D eigenvalue weighted by molar-refractivity contribution is 0.440. The number of nitrogens with one attached hydrogen (secondary N) is 1. The Labute approximate surface area is 102 Å². The van der Waals surface area contributed by atoms with Gasteiger partial charge in [-0.3, -0.25) is 0 Å². The maximum absolute atomic E-state index is 11.7. The van der Waals surface area contributed by atoms with Crippen molar-refractivity contribution in [1.82, 2.24) is 10.3 Å². The summed E-state index contributed by atoms with van der Waals surface area (Å²) in [6.45, 7) is 3.85. The average Bonchev–Trinajstić information content (AvgIpc) is 2.90. The molecule has 1 aliphatic rings. The molecule has 6 heteroatoms. The standard InChI is InChI=1S/C11H18N2O3S/c1-11(2,17(3,14)15)10-9(13-7-16-10)6-12-8-4-5-8/h7-8,12H,4-6H2,1-3H3. The number of nitrogens with zero attached hydrogens (tertiary/aromatic N) is 1. The Kier molecular flexibility index (Phi) is 3.03. The molecule has 0 unspecified atom stereocenters. The average molecular weight is 258 g/mol. The van der Waals surface area contributed by atoms with E-state index >= 15 is 0 Å². The molecule has 0 bridgehead atoms. The van der Waals surface area contributed by atoms with Gasteiger partial charge in [0.05, 0.1) is 5.69 Å². The van der Waals surface area contributed by atoms with Gasteiger partial charge in [-0.05, 0) is 26.7 Å². The van der Waals surface area contributed by atoms with Crippen molar-refractivity contribution in [2.75, 3.05) is 6.26 Å². The maximum Gasteiger partial charge on any atom is 0.181 e. The van der Waals surface area contributed by atoms with Crippen LogP contribution in [0.15, 0.2) is 10.8 Å². The number of sulfone groups is 1. The lowest BCUT2D eigenvalue weighted by Crippen LogP contribution is -2.30. The van der Waals surface area contributed by atoms with Crippen LogP contribution in [0.1, 0.15) is 38.1 Å². The fourth-order valence-electron chi connectivity index (χ4n) is 1.58. The minimum Gasteiger partial charge on any atom is -0.446 e. The Morgan fingerprint density at radius 1 is 1.53 bits per heavy atom. The van der Waals surface area contributed by atoms with Crippen LogP contribution >= 0.6 is 0 Å². The Morgan fingerprint density at radius 3 is 2.71 bits per heavy atom. The minimum atomic E-state index is -3.23. The maximum atomic E-state index is 11.7. The minimum absolute atomic E-state index is 0.438. The molecule has 0 saturated heterocycles. The Hall–Kier alpha value is -0.880. The van der Waals surface area contributed by atoms with Crippen LogP contribution in [0.25, 0.3) is 0 Å². The predicted molar refractivity (Wildman–Crippen MR) is 64.2 cm³/mol. The molecule has 96 valence electrons. The van der Waals surface area contributed by atoms with Crippen LogP contribution in [0.2, 0.25) is 0 Å². The quantitative estimate of drug-likeness (QED) is 0.859. The van der Waals surface area contributed by atoms with Gasteiger partial charge in [0, 0.05) is 18.8 Å². The second kappa shape index (κ2) is 4.10. The van der Waals surface area contributed by atoms with E-state index in [1.807, 2.05) is 0 Å². The molecule has 0 aromatic carbocycles. The molecule has 17 heavy (non-hydrogen) atoms. The first-order valence-corrected chi connectivity index (χ1v) is 7.57. The van der Waals surface area contributed by atoms with Gasteiger partial charge in [-0.2, -0.15) is 0 Å². The Bertz CT molecular complexity index is 501. The molecule has 0 aliphatic heterocycles. The predicted octanol–water partition coefficient (Wildman–Crippen LogP) is 1.21. The van der Waals surface area contributed by atoms with Crippen molar-refractivity contribution in [2.45, 2.75) is 44.0 Å². The highest BCUT2D eigenvalue weighted by Gasteiger charge is 2.38. The van der Waals surface area contributed by atoms with Crippen LogP contribution in [-0.4, -0.2) is 25.7 Å². The summed E-state index contributed by atoms with van der Waals surface area (Å²) in [5.41, 5.74) is 0.687. The van der Waals surface area contributed by atoms with Gasteiger partial charge in [-0.25, -0.2) is 13.4 Å². The first-order valence-electron chi connectivity index (χ1n) is 5.68. The van der Waals surface area contributed by atoms with Crippen LogP contribution in [0.4, 0.5) is 0 Å². The number of oxazole rings is 1. The molecule has 1 saturated carbocycles. The smallest absolute Gasteiger partial charge is 0.181 e. The van der Waals surface area contributed by atoms with Gasteiger partial charge < -0.3 is 9.73 Å². The summed E-state index contributed by atoms with van der Waals surface area (Å²) in [7, 11) is -3.23. The highest BCUT2D eigenvalue weighted by atomic mass is 32.2. The van der Waals surface area contributed by atoms with Crippen molar-refractivity contribution < 1.29 is 12.8 Å². The lowest BCUT2D eigenvalue weighted by atomic mass is 10.1. The van der Waals surface area contributed by atoms with E-state index in [2.05, 4.69) is 10.3 Å². The molecule has 1 aliphatic carbocycles. The lowest BCUT2D eigenvalue weighted by Gasteiger charge is -2.20. The Morgan fingerprint density at radius 2 is 2.18 bits per heavy atom. The van der Waals surface area contributed by atoms with Gasteiger partial charge in [0.1, 0.15) is 10.5 Å². The summed E-state index contributed by atoms with van der Waals surface area (Å²) in [5, 5.41) is 3.31. The van der Waals surface area contributed by atoms with Crippen molar-refractivity contribution in [3.63, 3.8) is 0 Å². The van der Waals surface area contributed by atoms with Crippen molar-refractivity contribution >= 4 is 9.84 Å². The van der Waals surface area contributed by atoms with E-state index in [0.717, 1.165) is 0 Å². The second-order valence-electron chi connectivity index (χ2n) is 5.07. The molecule has 0 spiro atoms. The van der Waals surface area contributed by atoms with E-state index in [4.69, 9.17) is 4.42 Å². The van der Waals surface area contributed by atoms with Crippen molar-refractivity contribution in [1.29, 1.82) is 0 Å². The van der Waals surface area contributed by atoms with Crippen molar-refractivity contribution in [2.24, 2.45) is 0 Å². The third-order valence-electron chi connectivity index (χ3n) is 3.25. The van der Waals surface area contributed by atoms with Crippen LogP contribution in [0.3, 0.4) is 0 Å². The summed E-state index contributed by atoms with van der Waals surface area (Å²) in [4.78, 5) is 4.10. The molecule has 0 amide bonds. The molecule has 0 radical (unpaired) electrons. The van der Waals surface area contributed by atoms with Crippen LogP contribution in [-0.2, 0) is 21.1 Å². The zero-order valence-corrected chi connectivity index (χ0v) is 11.2. The molecule has 1 N–H and O–H groups in total. The molecule has 1 heterocycles. The molecular weight excluding hydrogens is 240 g/mol. The molecule has 5 nitrogen and oxygen atoms in total. The van der Waals surface area contributed by atoms with E-state index in [0.29, 0.717) is 24.0 Å². The van der Waals surface area contributed by atoms with Gasteiger partial charge in [0.15, 0.2) is 16.2 Å². The summed E-state index contributed by atoms with van der Waals surface area (Å²) in [6, 6.07) is 0.556. The topological polar surface area (TPSA) is 72.2 Å². The zero-order chi connectivity index (χ0) is 12.7. The van der Waals surface area contributed by atoms with E-state index < -0.39 is 14.6 Å². The number of hydrogen-bond acceptors (Lipinski definition) is 5. The number of aromatic nitrogens is 1. The van der Waals surface area contributed by atoms with Crippen LogP contribution in [0.5, 0.6) is 0 Å². The third-order valence-corrected chi connectivity index (χ3v) is 5.29. The van der Waals surface area contributed by atoms with E-state index in [9.17, 15) is 8.42 Å². The Balaban J connectivity index is 2.22. The van der Waals surface area contributed by atoms with Gasteiger partial charge in [-0.15, -0.1) is 0 Å². The second-order valence-corrected chi connectivity index (χ2v) is 7.63. The number of rotatable bonds is 5. The third kappa shape index (κ3) is 2.52. The van der Waals surface area contributed by atoms with Gasteiger partial charge >= 0.3 is 0 Å². The molecular formula is C11H18N2O3S. The molecule has 1 aromatic rings. The van der Waals surface area contributed by atoms with Crippen LogP contribution < -0.4 is 5.32 Å². The van der Waals surface area contributed by atoms with E-state index in [1.54, 1.807) is 13.8 Å². The fraction of sp³-hybridized carbons (Fsp3) is 0.727. The van der Waals surface area contributed by atoms with Crippen molar-refractivity contribution in [3.05, 3.63) is 17.8 Å². The van der Waals surface area contributed by atoms with Gasteiger partial charge in [0.25, 0.3) is 0 Å². The first-order chi connectivity index (χ1) is 7.82. The molecule has 0 atom stereocenters. The summed E-state index contributed by atoms with van der Waals surface area (Å²) in [6.07, 6.45) is 4.89. The molecule has 1 fully saturated rings. The number of hydrogen-bond donors (Lipinski definition) is 1. The van der Waals surface area contributed by atoms with Gasteiger partial charge in [0.2, 0.25) is 0 Å². The zero-order valence-electron chi connectivity index (χ0n) is 10.4.